The van der Waals surface area contributed by atoms with Crippen LogP contribution in [-0.4, -0.2) is 37.8 Å². The van der Waals surface area contributed by atoms with E-state index in [1.165, 1.54) is 23.4 Å². The zero-order chi connectivity index (χ0) is 15.5. The number of hydrogen-bond donors (Lipinski definition) is 1. The number of nitrogens with zero attached hydrogens (tertiary/aromatic N) is 2. The number of nitrogens with one attached hydrogen (secondary N) is 1. The van der Waals surface area contributed by atoms with Crippen molar-refractivity contribution in [1.82, 2.24) is 9.62 Å². The zero-order valence-electron chi connectivity index (χ0n) is 11.7. The molecule has 2 rings (SSSR count). The molecule has 1 aliphatic rings. The molecule has 0 spiro atoms. The number of amides is 1. The lowest BCUT2D eigenvalue weighted by atomic mass is 10.1. The third kappa shape index (κ3) is 3.60. The minimum absolute atomic E-state index is 0.0272. The zero-order valence-corrected chi connectivity index (χ0v) is 12.6. The van der Waals surface area contributed by atoms with Crippen LogP contribution in [0.15, 0.2) is 29.2 Å². The van der Waals surface area contributed by atoms with Crippen LogP contribution in [0, 0.1) is 11.3 Å². The molecule has 1 saturated heterocycles. The van der Waals surface area contributed by atoms with Crippen LogP contribution in [0.25, 0.3) is 0 Å². The summed E-state index contributed by atoms with van der Waals surface area (Å²) in [6.07, 6.45) is 1.19. The lowest BCUT2D eigenvalue weighted by molar-refractivity contribution is -0.119. The van der Waals surface area contributed by atoms with Gasteiger partial charge in [0, 0.05) is 26.1 Å². The van der Waals surface area contributed by atoms with Crippen molar-refractivity contribution in [3.8, 4) is 6.07 Å². The van der Waals surface area contributed by atoms with Crippen LogP contribution in [0.1, 0.15) is 25.3 Å². The van der Waals surface area contributed by atoms with E-state index >= 15 is 0 Å². The van der Waals surface area contributed by atoms with E-state index in [0.717, 1.165) is 0 Å². The van der Waals surface area contributed by atoms with Crippen molar-refractivity contribution < 1.29 is 13.2 Å². The lowest BCUT2D eigenvalue weighted by Crippen LogP contribution is -2.46. The van der Waals surface area contributed by atoms with Gasteiger partial charge in [-0.25, -0.2) is 8.42 Å². The largest absolute Gasteiger partial charge is 0.354 e. The van der Waals surface area contributed by atoms with Gasteiger partial charge in [0.2, 0.25) is 15.9 Å². The fourth-order valence-electron chi connectivity index (χ4n) is 2.40. The van der Waals surface area contributed by atoms with Crippen molar-refractivity contribution in [3.63, 3.8) is 0 Å². The highest BCUT2D eigenvalue weighted by atomic mass is 32.2. The Labute approximate surface area is 124 Å². The van der Waals surface area contributed by atoms with Gasteiger partial charge in [0.25, 0.3) is 0 Å². The minimum Gasteiger partial charge on any atom is -0.354 e. The van der Waals surface area contributed by atoms with Crippen LogP contribution in [0.2, 0.25) is 0 Å². The summed E-state index contributed by atoms with van der Waals surface area (Å²) in [5, 5.41) is 11.7. The van der Waals surface area contributed by atoms with Crippen LogP contribution in [0.4, 0.5) is 0 Å². The molecular formula is C14H17N3O3S. The Morgan fingerprint density at radius 1 is 1.38 bits per heavy atom. The second kappa shape index (κ2) is 6.24. The van der Waals surface area contributed by atoms with E-state index in [9.17, 15) is 13.2 Å². The first-order chi connectivity index (χ1) is 9.93. The number of carbonyl (C=O) groups is 1. The first kappa shape index (κ1) is 15.5. The van der Waals surface area contributed by atoms with Crippen LogP contribution in [-0.2, 0) is 14.8 Å². The quantitative estimate of drug-likeness (QED) is 0.896. The number of sulfonamides is 1. The molecule has 0 aliphatic carbocycles. The van der Waals surface area contributed by atoms with Crippen molar-refractivity contribution in [2.45, 2.75) is 30.7 Å². The molecule has 1 heterocycles. The normalized spacial score (nSPS) is 17.1. The molecule has 0 saturated carbocycles. The maximum Gasteiger partial charge on any atom is 0.243 e. The fraction of sp³-hybridized carbons (Fsp3) is 0.429. The van der Waals surface area contributed by atoms with E-state index in [4.69, 9.17) is 5.26 Å². The average molecular weight is 307 g/mol. The number of benzene rings is 1. The number of rotatable bonds is 3. The molecule has 0 aromatic heterocycles. The summed E-state index contributed by atoms with van der Waals surface area (Å²) >= 11 is 0. The molecule has 0 radical (unpaired) electrons. The van der Waals surface area contributed by atoms with Gasteiger partial charge in [0.15, 0.2) is 0 Å². The molecule has 6 nitrogen and oxygen atoms in total. The lowest BCUT2D eigenvalue weighted by Gasteiger charge is -2.31. The Hall–Kier alpha value is -1.91. The van der Waals surface area contributed by atoms with E-state index in [0.29, 0.717) is 31.5 Å². The summed E-state index contributed by atoms with van der Waals surface area (Å²) in [6.45, 7) is 2.19. The number of piperidine rings is 1. The maximum atomic E-state index is 12.5. The van der Waals surface area contributed by atoms with E-state index < -0.39 is 10.0 Å². The second-order valence-corrected chi connectivity index (χ2v) is 6.96. The standard InChI is InChI=1S/C14H17N3O3S/c1-11(18)16-13-5-7-17(8-6-13)21(19,20)14-4-2-3-12(9-14)10-15/h2-4,9,13H,5-8H2,1H3,(H,16,18). The number of nitriles is 1. The average Bonchev–Trinajstić information content (AvgIpc) is 2.47. The molecule has 1 aromatic rings. The predicted octanol–water partition coefficient (Wildman–Crippen LogP) is 0.847. The van der Waals surface area contributed by atoms with Gasteiger partial charge in [0.05, 0.1) is 16.5 Å². The van der Waals surface area contributed by atoms with E-state index in [1.54, 1.807) is 12.1 Å². The van der Waals surface area contributed by atoms with Crippen LogP contribution >= 0.6 is 0 Å². The van der Waals surface area contributed by atoms with Crippen LogP contribution in [0.3, 0.4) is 0 Å². The summed E-state index contributed by atoms with van der Waals surface area (Å²) in [4.78, 5) is 11.1. The van der Waals surface area contributed by atoms with Gasteiger partial charge in [-0.3, -0.25) is 4.79 Å². The summed E-state index contributed by atoms with van der Waals surface area (Å²) < 4.78 is 26.4. The molecule has 112 valence electrons. The van der Waals surface area contributed by atoms with Crippen molar-refractivity contribution in [2.75, 3.05) is 13.1 Å². The minimum atomic E-state index is -3.58. The summed E-state index contributed by atoms with van der Waals surface area (Å²) in [6, 6.07) is 7.98. The van der Waals surface area contributed by atoms with Gasteiger partial charge in [-0.15, -0.1) is 0 Å². The van der Waals surface area contributed by atoms with Gasteiger partial charge in [-0.2, -0.15) is 9.57 Å². The smallest absolute Gasteiger partial charge is 0.243 e. The van der Waals surface area contributed by atoms with Crippen molar-refractivity contribution >= 4 is 15.9 Å². The van der Waals surface area contributed by atoms with Gasteiger partial charge in [-0.05, 0) is 31.0 Å². The highest BCUT2D eigenvalue weighted by Gasteiger charge is 2.29. The van der Waals surface area contributed by atoms with Gasteiger partial charge in [0.1, 0.15) is 0 Å². The second-order valence-electron chi connectivity index (χ2n) is 5.02. The topological polar surface area (TPSA) is 90.3 Å². The Kier molecular flexibility index (Phi) is 4.60. The number of carbonyl (C=O) groups excluding carboxylic acids is 1. The first-order valence-corrected chi connectivity index (χ1v) is 8.15. The van der Waals surface area contributed by atoms with Gasteiger partial charge < -0.3 is 5.32 Å². The summed E-state index contributed by atoms with van der Waals surface area (Å²) in [7, 11) is -3.58. The Bertz CT molecular complexity index is 671. The van der Waals surface area contributed by atoms with Gasteiger partial charge in [-0.1, -0.05) is 6.07 Å². The van der Waals surface area contributed by atoms with Crippen molar-refractivity contribution in [1.29, 1.82) is 5.26 Å². The van der Waals surface area contributed by atoms with E-state index in [1.807, 2.05) is 6.07 Å². The Balaban J connectivity index is 2.11. The van der Waals surface area contributed by atoms with Crippen molar-refractivity contribution in [2.24, 2.45) is 0 Å². The predicted molar refractivity (Wildman–Crippen MR) is 76.8 cm³/mol. The van der Waals surface area contributed by atoms with Gasteiger partial charge >= 0.3 is 0 Å². The van der Waals surface area contributed by atoms with Crippen LogP contribution in [0.5, 0.6) is 0 Å². The molecule has 1 aliphatic heterocycles. The molecule has 7 heteroatoms. The van der Waals surface area contributed by atoms with Crippen molar-refractivity contribution in [3.05, 3.63) is 29.8 Å². The molecule has 21 heavy (non-hydrogen) atoms. The molecule has 1 amide bonds. The molecule has 0 unspecified atom stereocenters. The highest BCUT2D eigenvalue weighted by Crippen LogP contribution is 2.21. The molecule has 1 aromatic carbocycles. The van der Waals surface area contributed by atoms with E-state index in [2.05, 4.69) is 5.32 Å². The molecule has 0 atom stereocenters. The molecule has 0 bridgehead atoms. The molecule has 1 fully saturated rings. The third-order valence-corrected chi connectivity index (χ3v) is 5.36. The monoisotopic (exact) mass is 307 g/mol. The van der Waals surface area contributed by atoms with Crippen LogP contribution < -0.4 is 5.32 Å². The molecule has 1 N–H and O–H groups in total. The third-order valence-electron chi connectivity index (χ3n) is 3.46. The Morgan fingerprint density at radius 2 is 2.05 bits per heavy atom. The maximum absolute atomic E-state index is 12.5. The molecular weight excluding hydrogens is 290 g/mol. The summed E-state index contributed by atoms with van der Waals surface area (Å²) in [5.74, 6) is -0.0990. The highest BCUT2D eigenvalue weighted by molar-refractivity contribution is 7.89. The Morgan fingerprint density at radius 3 is 2.62 bits per heavy atom. The number of hydrogen-bond acceptors (Lipinski definition) is 4. The first-order valence-electron chi connectivity index (χ1n) is 6.71. The fourth-order valence-corrected chi connectivity index (χ4v) is 3.92. The summed E-state index contributed by atoms with van der Waals surface area (Å²) in [5.41, 5.74) is 0.323. The SMILES string of the molecule is CC(=O)NC1CCN(S(=O)(=O)c2cccc(C#N)c2)CC1. The van der Waals surface area contributed by atoms with E-state index in [-0.39, 0.29) is 16.8 Å².